The third-order valence-electron chi connectivity index (χ3n) is 7.25. The van der Waals surface area contributed by atoms with Crippen LogP contribution in [0.5, 0.6) is 0 Å². The molecule has 0 saturated carbocycles. The fourth-order valence-corrected chi connectivity index (χ4v) is 4.49. The van der Waals surface area contributed by atoms with Crippen molar-refractivity contribution < 1.29 is 24.0 Å². The van der Waals surface area contributed by atoms with Gasteiger partial charge in [-0.2, -0.15) is 0 Å². The van der Waals surface area contributed by atoms with E-state index in [1.807, 2.05) is 48.5 Å². The van der Waals surface area contributed by atoms with Gasteiger partial charge in [0.2, 0.25) is 23.6 Å². The van der Waals surface area contributed by atoms with Crippen LogP contribution in [0.4, 0.5) is 0 Å². The van der Waals surface area contributed by atoms with E-state index in [0.29, 0.717) is 31.5 Å². The normalized spacial score (nSPS) is 14.7. The molecular formula is C31H53N7O5. The van der Waals surface area contributed by atoms with Crippen LogP contribution in [0.15, 0.2) is 24.5 Å². The van der Waals surface area contributed by atoms with Crippen LogP contribution in [-0.2, 0) is 19.2 Å². The van der Waals surface area contributed by atoms with Gasteiger partial charge >= 0.3 is 0 Å². The summed E-state index contributed by atoms with van der Waals surface area (Å²) in [4.78, 5) is 69.6. The van der Waals surface area contributed by atoms with Crippen molar-refractivity contribution in [2.45, 2.75) is 92.4 Å². The number of aromatic nitrogens is 1. The monoisotopic (exact) mass is 603 g/mol. The first-order valence-corrected chi connectivity index (χ1v) is 15.3. The number of carbonyl (C=O) groups excluding carboxylic acids is 5. The van der Waals surface area contributed by atoms with Crippen LogP contribution >= 0.6 is 0 Å². The van der Waals surface area contributed by atoms with Crippen LogP contribution in [0.2, 0.25) is 0 Å². The summed E-state index contributed by atoms with van der Waals surface area (Å²) in [7, 11) is 1.54. The predicted molar refractivity (Wildman–Crippen MR) is 167 cm³/mol. The summed E-state index contributed by atoms with van der Waals surface area (Å²) in [5, 5.41) is 14.5. The minimum Gasteiger partial charge on any atom is -0.355 e. The molecule has 0 aromatic carbocycles. The molecule has 0 aliphatic heterocycles. The zero-order valence-corrected chi connectivity index (χ0v) is 27.3. The second-order valence-corrected chi connectivity index (χ2v) is 11.9. The van der Waals surface area contributed by atoms with Crippen molar-refractivity contribution >= 4 is 29.5 Å². The summed E-state index contributed by atoms with van der Waals surface area (Å²) in [6.07, 6.45) is 4.32. The summed E-state index contributed by atoms with van der Waals surface area (Å²) in [5.41, 5.74) is 0.396. The van der Waals surface area contributed by atoms with Crippen LogP contribution in [0, 0.1) is 17.8 Å². The molecular weight excluding hydrogens is 550 g/mol. The molecule has 3 unspecified atom stereocenters. The predicted octanol–water partition coefficient (Wildman–Crippen LogP) is 1.47. The van der Waals surface area contributed by atoms with Crippen molar-refractivity contribution in [1.29, 1.82) is 0 Å². The van der Waals surface area contributed by atoms with E-state index in [2.05, 4.69) is 31.6 Å². The van der Waals surface area contributed by atoms with Gasteiger partial charge in [0.25, 0.3) is 5.91 Å². The Morgan fingerprint density at radius 2 is 1.49 bits per heavy atom. The van der Waals surface area contributed by atoms with Gasteiger partial charge in [-0.15, -0.1) is 0 Å². The molecule has 12 nitrogen and oxygen atoms in total. The molecule has 1 aromatic rings. The molecule has 0 spiro atoms. The standard InChI is InChI=1S/C31H53N7O5/c1-10-21(7)27(37-29(41)23-12-14-32-15-13-23)31(43)38(9)18-25(39)35-24(16-19(3)4)17-34-22(8)28(40)36-26(20(5)6)30(42)33-11-2/h12-15,19-22,24,26-27,34H,10-11,16-18H2,1-9H3,(H,33,42)(H,35,39)(H,36,40)(H,37,41)/t21-,22-,24?,26?,27?/m0/s1. The lowest BCUT2D eigenvalue weighted by atomic mass is 9.97. The van der Waals surface area contributed by atoms with Crippen LogP contribution in [-0.4, -0.2) is 90.3 Å². The van der Waals surface area contributed by atoms with Crippen LogP contribution in [0.1, 0.15) is 78.6 Å². The minimum absolute atomic E-state index is 0.0840. The molecule has 5 atom stereocenters. The Balaban J connectivity index is 2.82. The number of pyridine rings is 1. The molecule has 5 N–H and O–H groups in total. The van der Waals surface area contributed by atoms with Crippen molar-refractivity contribution in [3.63, 3.8) is 0 Å². The first kappa shape index (κ1) is 37.5. The molecule has 0 saturated heterocycles. The molecule has 0 radical (unpaired) electrons. The van der Waals surface area contributed by atoms with Crippen molar-refractivity contribution in [2.24, 2.45) is 17.8 Å². The third kappa shape index (κ3) is 13.1. The van der Waals surface area contributed by atoms with E-state index in [-0.39, 0.29) is 59.9 Å². The number of rotatable bonds is 18. The molecule has 1 rings (SSSR count). The van der Waals surface area contributed by atoms with Gasteiger partial charge in [0.15, 0.2) is 0 Å². The molecule has 1 aromatic heterocycles. The van der Waals surface area contributed by atoms with Crippen LogP contribution < -0.4 is 26.6 Å². The Bertz CT molecular complexity index is 1050. The van der Waals surface area contributed by atoms with E-state index in [1.165, 1.54) is 24.3 Å². The highest BCUT2D eigenvalue weighted by atomic mass is 16.2. The average Bonchev–Trinajstić information content (AvgIpc) is 2.96. The molecule has 5 amide bonds. The quantitative estimate of drug-likeness (QED) is 0.170. The fourth-order valence-electron chi connectivity index (χ4n) is 4.49. The molecule has 0 aliphatic rings. The van der Waals surface area contributed by atoms with Crippen molar-refractivity contribution in [3.05, 3.63) is 30.1 Å². The smallest absolute Gasteiger partial charge is 0.252 e. The number of nitrogens with zero attached hydrogens (tertiary/aromatic N) is 2. The number of amides is 5. The molecule has 0 fully saturated rings. The van der Waals surface area contributed by atoms with Gasteiger partial charge in [0.1, 0.15) is 12.1 Å². The Morgan fingerprint density at radius 1 is 0.860 bits per heavy atom. The Labute approximate surface area is 256 Å². The Hall–Kier alpha value is -3.54. The summed E-state index contributed by atoms with van der Waals surface area (Å²) < 4.78 is 0. The van der Waals surface area contributed by atoms with Gasteiger partial charge in [0, 0.05) is 44.1 Å². The molecule has 1 heterocycles. The summed E-state index contributed by atoms with van der Waals surface area (Å²) in [6, 6.07) is 0.794. The minimum atomic E-state index is -0.801. The zero-order chi connectivity index (χ0) is 32.7. The van der Waals surface area contributed by atoms with Crippen molar-refractivity contribution in [3.8, 4) is 0 Å². The second kappa shape index (κ2) is 18.9. The van der Waals surface area contributed by atoms with E-state index in [0.717, 1.165) is 0 Å². The second-order valence-electron chi connectivity index (χ2n) is 11.9. The first-order valence-electron chi connectivity index (χ1n) is 15.3. The summed E-state index contributed by atoms with van der Waals surface area (Å²) >= 11 is 0. The van der Waals surface area contributed by atoms with E-state index in [9.17, 15) is 24.0 Å². The van der Waals surface area contributed by atoms with Crippen molar-refractivity contribution in [2.75, 3.05) is 26.7 Å². The van der Waals surface area contributed by atoms with Crippen LogP contribution in [0.25, 0.3) is 0 Å². The maximum absolute atomic E-state index is 13.4. The summed E-state index contributed by atoms with van der Waals surface area (Å²) in [5.74, 6) is -1.61. The maximum atomic E-state index is 13.4. The molecule has 43 heavy (non-hydrogen) atoms. The number of hydrogen-bond acceptors (Lipinski definition) is 7. The van der Waals surface area contributed by atoms with Gasteiger partial charge in [-0.1, -0.05) is 48.0 Å². The number of hydrogen-bond donors (Lipinski definition) is 5. The van der Waals surface area contributed by atoms with E-state index >= 15 is 0 Å². The van der Waals surface area contributed by atoms with Crippen molar-refractivity contribution in [1.82, 2.24) is 36.5 Å². The Morgan fingerprint density at radius 3 is 2.02 bits per heavy atom. The van der Waals surface area contributed by atoms with Gasteiger partial charge in [-0.3, -0.25) is 29.0 Å². The number of likely N-dealkylation sites (N-methyl/N-ethyl adjacent to an activating group) is 2. The largest absolute Gasteiger partial charge is 0.355 e. The van der Waals surface area contributed by atoms with E-state index in [4.69, 9.17) is 0 Å². The number of carbonyl (C=O) groups is 5. The first-order chi connectivity index (χ1) is 20.2. The van der Waals surface area contributed by atoms with E-state index in [1.54, 1.807) is 19.1 Å². The summed E-state index contributed by atoms with van der Waals surface area (Å²) in [6.45, 7) is 15.8. The maximum Gasteiger partial charge on any atom is 0.252 e. The van der Waals surface area contributed by atoms with Gasteiger partial charge in [0.05, 0.1) is 12.6 Å². The lowest BCUT2D eigenvalue weighted by Gasteiger charge is -2.29. The van der Waals surface area contributed by atoms with Crippen LogP contribution in [0.3, 0.4) is 0 Å². The zero-order valence-electron chi connectivity index (χ0n) is 27.3. The highest BCUT2D eigenvalue weighted by Crippen LogP contribution is 2.12. The highest BCUT2D eigenvalue weighted by Gasteiger charge is 2.30. The average molecular weight is 604 g/mol. The Kier molecular flexibility index (Phi) is 16.5. The van der Waals surface area contributed by atoms with Gasteiger partial charge < -0.3 is 31.5 Å². The number of nitrogens with one attached hydrogen (secondary N) is 5. The molecule has 242 valence electrons. The van der Waals surface area contributed by atoms with Gasteiger partial charge in [-0.25, -0.2) is 0 Å². The SMILES string of the molecule is CCNC(=O)C(NC(=O)[C@H](C)NCC(CC(C)C)NC(=O)CN(C)C(=O)C(NC(=O)c1ccncc1)[C@@H](C)CC)C(C)C. The van der Waals surface area contributed by atoms with E-state index < -0.39 is 18.1 Å². The molecule has 0 bridgehead atoms. The molecule has 12 heteroatoms. The lowest BCUT2D eigenvalue weighted by molar-refractivity contribution is -0.137. The highest BCUT2D eigenvalue weighted by molar-refractivity contribution is 5.98. The fraction of sp³-hybridized carbons (Fsp3) is 0.677. The topological polar surface area (TPSA) is 162 Å². The van der Waals surface area contributed by atoms with Gasteiger partial charge in [-0.05, 0) is 50.2 Å². The molecule has 0 aliphatic carbocycles. The third-order valence-corrected chi connectivity index (χ3v) is 7.25. The lowest BCUT2D eigenvalue weighted by Crippen LogP contribution is -2.56.